The summed E-state index contributed by atoms with van der Waals surface area (Å²) in [4.78, 5) is 15.9. The quantitative estimate of drug-likeness (QED) is 0.827. The van der Waals surface area contributed by atoms with Crippen LogP contribution in [0.15, 0.2) is 42.6 Å². The lowest BCUT2D eigenvalue weighted by atomic mass is 10.1. The Kier molecular flexibility index (Phi) is 5.62. The van der Waals surface area contributed by atoms with Gasteiger partial charge in [0.25, 0.3) is 0 Å². The summed E-state index contributed by atoms with van der Waals surface area (Å²) in [6.45, 7) is 2.11. The maximum absolute atomic E-state index is 12.8. The van der Waals surface area contributed by atoms with Crippen molar-refractivity contribution in [1.29, 1.82) is 0 Å². The number of aryl methyl sites for hydroxylation is 1. The molecule has 2 rings (SSSR count). The predicted molar refractivity (Wildman–Crippen MR) is 86.3 cm³/mol. The standard InChI is InChI=1S/C17H14ClF3N2O/c1-11-3-2-8-22-15(11)10-23-16(24)7-5-12-4-6-14(18)13(9-12)17(19,20)21/h2-9H,10H2,1H3,(H,23,24). The van der Waals surface area contributed by atoms with Crippen molar-refractivity contribution in [3.8, 4) is 0 Å². The molecule has 1 amide bonds. The summed E-state index contributed by atoms with van der Waals surface area (Å²) in [6.07, 6.45) is -0.454. The molecule has 1 N–H and O–H groups in total. The number of halogens is 4. The normalized spacial score (nSPS) is 11.7. The number of amides is 1. The van der Waals surface area contributed by atoms with Crippen LogP contribution in [-0.4, -0.2) is 10.9 Å². The van der Waals surface area contributed by atoms with E-state index in [2.05, 4.69) is 10.3 Å². The lowest BCUT2D eigenvalue weighted by Gasteiger charge is -2.09. The van der Waals surface area contributed by atoms with Gasteiger partial charge in [-0.05, 0) is 42.3 Å². The second kappa shape index (κ2) is 7.49. The Balaban J connectivity index is 2.03. The lowest BCUT2D eigenvalue weighted by Crippen LogP contribution is -2.21. The molecule has 0 fully saturated rings. The summed E-state index contributed by atoms with van der Waals surface area (Å²) in [5.41, 5.74) is 0.964. The van der Waals surface area contributed by atoms with Crippen molar-refractivity contribution in [2.24, 2.45) is 0 Å². The highest BCUT2D eigenvalue weighted by atomic mass is 35.5. The molecule has 0 radical (unpaired) electrons. The second-order valence-corrected chi connectivity index (χ2v) is 5.46. The zero-order valence-corrected chi connectivity index (χ0v) is 13.4. The first-order chi connectivity index (χ1) is 11.3. The summed E-state index contributed by atoms with van der Waals surface area (Å²) in [6, 6.07) is 7.12. The maximum atomic E-state index is 12.8. The Bertz CT molecular complexity index is 773. The van der Waals surface area contributed by atoms with Gasteiger partial charge in [-0.1, -0.05) is 23.7 Å². The van der Waals surface area contributed by atoms with E-state index in [4.69, 9.17) is 11.6 Å². The zero-order chi connectivity index (χ0) is 17.7. The van der Waals surface area contributed by atoms with Crippen molar-refractivity contribution in [3.05, 3.63) is 70.0 Å². The maximum Gasteiger partial charge on any atom is 0.417 e. The number of nitrogens with one attached hydrogen (secondary N) is 1. The Morgan fingerprint density at radius 2 is 2.08 bits per heavy atom. The van der Waals surface area contributed by atoms with E-state index in [9.17, 15) is 18.0 Å². The number of alkyl halides is 3. The Morgan fingerprint density at radius 1 is 1.33 bits per heavy atom. The molecule has 0 saturated heterocycles. The number of aromatic nitrogens is 1. The molecular weight excluding hydrogens is 341 g/mol. The van der Waals surface area contributed by atoms with Crippen LogP contribution in [0.5, 0.6) is 0 Å². The first-order valence-electron chi connectivity index (χ1n) is 7.00. The topological polar surface area (TPSA) is 42.0 Å². The average molecular weight is 355 g/mol. The number of rotatable bonds is 4. The molecule has 0 saturated carbocycles. The molecule has 3 nitrogen and oxygen atoms in total. The van der Waals surface area contributed by atoms with E-state index in [1.165, 1.54) is 18.2 Å². The van der Waals surface area contributed by atoms with Crippen molar-refractivity contribution in [2.75, 3.05) is 0 Å². The average Bonchev–Trinajstić information content (AvgIpc) is 2.52. The largest absolute Gasteiger partial charge is 0.417 e. The molecule has 0 aliphatic carbocycles. The summed E-state index contributed by atoms with van der Waals surface area (Å²) < 4.78 is 38.3. The number of hydrogen-bond acceptors (Lipinski definition) is 2. The van der Waals surface area contributed by atoms with E-state index in [0.717, 1.165) is 23.4 Å². The summed E-state index contributed by atoms with van der Waals surface area (Å²) in [7, 11) is 0. The minimum Gasteiger partial charge on any atom is -0.347 e. The van der Waals surface area contributed by atoms with Gasteiger partial charge in [0, 0.05) is 12.3 Å². The molecule has 24 heavy (non-hydrogen) atoms. The fourth-order valence-corrected chi connectivity index (χ4v) is 2.19. The molecule has 0 atom stereocenters. The number of pyridine rings is 1. The Hall–Kier alpha value is -2.34. The van der Waals surface area contributed by atoms with Gasteiger partial charge in [-0.15, -0.1) is 0 Å². The number of nitrogens with zero attached hydrogens (tertiary/aromatic N) is 1. The lowest BCUT2D eigenvalue weighted by molar-refractivity contribution is -0.137. The number of carbonyl (C=O) groups excluding carboxylic acids is 1. The first kappa shape index (κ1) is 18.0. The zero-order valence-electron chi connectivity index (χ0n) is 12.7. The van der Waals surface area contributed by atoms with Crippen LogP contribution in [0.4, 0.5) is 13.2 Å². The van der Waals surface area contributed by atoms with E-state index in [0.29, 0.717) is 0 Å². The monoisotopic (exact) mass is 354 g/mol. The third kappa shape index (κ3) is 4.83. The molecule has 126 valence electrons. The molecule has 0 spiro atoms. The van der Waals surface area contributed by atoms with Crippen LogP contribution in [0.25, 0.3) is 6.08 Å². The number of benzene rings is 1. The second-order valence-electron chi connectivity index (χ2n) is 5.06. The smallest absolute Gasteiger partial charge is 0.347 e. The number of carbonyl (C=O) groups is 1. The van der Waals surface area contributed by atoms with Crippen molar-refractivity contribution in [1.82, 2.24) is 10.3 Å². The molecule has 1 aromatic carbocycles. The van der Waals surface area contributed by atoms with E-state index in [1.807, 2.05) is 13.0 Å². The minimum absolute atomic E-state index is 0.232. The van der Waals surface area contributed by atoms with Crippen molar-refractivity contribution in [2.45, 2.75) is 19.6 Å². The fraction of sp³-hybridized carbons (Fsp3) is 0.176. The van der Waals surface area contributed by atoms with E-state index in [1.54, 1.807) is 12.3 Å². The van der Waals surface area contributed by atoms with Crippen LogP contribution in [0, 0.1) is 6.92 Å². The van der Waals surface area contributed by atoms with E-state index in [-0.39, 0.29) is 17.1 Å². The highest BCUT2D eigenvalue weighted by molar-refractivity contribution is 6.31. The Labute approximate surface area is 142 Å². The highest BCUT2D eigenvalue weighted by Crippen LogP contribution is 2.35. The Morgan fingerprint density at radius 3 is 2.75 bits per heavy atom. The molecular formula is C17H14ClF3N2O. The molecule has 0 bridgehead atoms. The molecule has 0 unspecified atom stereocenters. The van der Waals surface area contributed by atoms with E-state index < -0.39 is 17.6 Å². The molecule has 1 aromatic heterocycles. The van der Waals surface area contributed by atoms with E-state index >= 15 is 0 Å². The molecule has 1 heterocycles. The predicted octanol–water partition coefficient (Wildman–Crippen LogP) is 4.39. The van der Waals surface area contributed by atoms with Gasteiger partial charge in [0.1, 0.15) is 0 Å². The van der Waals surface area contributed by atoms with Crippen LogP contribution in [0.2, 0.25) is 5.02 Å². The van der Waals surface area contributed by atoms with Gasteiger partial charge in [-0.2, -0.15) is 13.2 Å². The molecule has 2 aromatic rings. The molecule has 7 heteroatoms. The van der Waals surface area contributed by atoms with Gasteiger partial charge < -0.3 is 5.32 Å². The molecule has 0 aliphatic rings. The van der Waals surface area contributed by atoms with Gasteiger partial charge >= 0.3 is 6.18 Å². The van der Waals surface area contributed by atoms with Crippen LogP contribution >= 0.6 is 11.6 Å². The third-order valence-corrected chi connectivity index (χ3v) is 3.60. The van der Waals surface area contributed by atoms with Crippen LogP contribution in [0.3, 0.4) is 0 Å². The number of hydrogen-bond donors (Lipinski definition) is 1. The summed E-state index contributed by atoms with van der Waals surface area (Å²) in [5.74, 6) is -0.427. The van der Waals surface area contributed by atoms with Gasteiger partial charge in [-0.3, -0.25) is 9.78 Å². The van der Waals surface area contributed by atoms with Gasteiger partial charge in [0.2, 0.25) is 5.91 Å². The van der Waals surface area contributed by atoms with Gasteiger partial charge in [0.05, 0.1) is 22.8 Å². The summed E-state index contributed by atoms with van der Waals surface area (Å²) in [5, 5.41) is 2.25. The SMILES string of the molecule is Cc1cccnc1CNC(=O)C=Cc1ccc(Cl)c(C(F)(F)F)c1. The summed E-state index contributed by atoms with van der Waals surface area (Å²) >= 11 is 5.55. The fourth-order valence-electron chi connectivity index (χ4n) is 1.97. The van der Waals surface area contributed by atoms with Gasteiger partial charge in [0.15, 0.2) is 0 Å². The van der Waals surface area contributed by atoms with Crippen molar-refractivity contribution in [3.63, 3.8) is 0 Å². The third-order valence-electron chi connectivity index (χ3n) is 3.27. The molecule has 0 aliphatic heterocycles. The minimum atomic E-state index is -4.54. The van der Waals surface area contributed by atoms with Crippen LogP contribution < -0.4 is 5.32 Å². The van der Waals surface area contributed by atoms with Crippen LogP contribution in [-0.2, 0) is 17.5 Å². The van der Waals surface area contributed by atoms with Crippen molar-refractivity contribution < 1.29 is 18.0 Å². The van der Waals surface area contributed by atoms with Gasteiger partial charge in [-0.25, -0.2) is 0 Å². The highest BCUT2D eigenvalue weighted by Gasteiger charge is 2.33. The van der Waals surface area contributed by atoms with Crippen LogP contribution in [0.1, 0.15) is 22.4 Å². The van der Waals surface area contributed by atoms with Crippen molar-refractivity contribution >= 4 is 23.6 Å². The first-order valence-corrected chi connectivity index (χ1v) is 7.38.